The van der Waals surface area contributed by atoms with Crippen LogP contribution in [0.5, 0.6) is 0 Å². The van der Waals surface area contributed by atoms with Crippen molar-refractivity contribution in [3.63, 3.8) is 0 Å². The summed E-state index contributed by atoms with van der Waals surface area (Å²) in [7, 11) is -3.91. The average molecular weight is 474 g/mol. The summed E-state index contributed by atoms with van der Waals surface area (Å²) in [6.07, 6.45) is 1.59. The summed E-state index contributed by atoms with van der Waals surface area (Å²) in [5.74, 6) is -2.81. The largest absolute Gasteiger partial charge is 0.481 e. The minimum Gasteiger partial charge on any atom is -0.481 e. The summed E-state index contributed by atoms with van der Waals surface area (Å²) >= 11 is 0. The summed E-state index contributed by atoms with van der Waals surface area (Å²) in [6, 6.07) is 5.70. The van der Waals surface area contributed by atoms with Crippen molar-refractivity contribution in [3.8, 4) is 0 Å². The van der Waals surface area contributed by atoms with Gasteiger partial charge in [-0.25, -0.2) is 13.1 Å². The van der Waals surface area contributed by atoms with E-state index in [-0.39, 0.29) is 28.5 Å². The molecule has 0 radical (unpaired) electrons. The maximum absolute atomic E-state index is 13.1. The predicted molar refractivity (Wildman–Crippen MR) is 121 cm³/mol. The highest BCUT2D eigenvalue weighted by Gasteiger charge is 2.57. The van der Waals surface area contributed by atoms with Crippen molar-refractivity contribution >= 4 is 33.5 Å². The highest BCUT2D eigenvalue weighted by atomic mass is 32.2. The van der Waals surface area contributed by atoms with Crippen molar-refractivity contribution in [2.45, 2.75) is 45.4 Å². The van der Waals surface area contributed by atoms with Gasteiger partial charge in [0.1, 0.15) is 0 Å². The van der Waals surface area contributed by atoms with Crippen molar-refractivity contribution in [2.24, 2.45) is 23.7 Å². The molecule has 9 nitrogen and oxygen atoms in total. The van der Waals surface area contributed by atoms with Crippen LogP contribution >= 0.6 is 0 Å². The summed E-state index contributed by atoms with van der Waals surface area (Å²) in [5, 5.41) is 16.3. The molecule has 2 saturated carbocycles. The Kier molecular flexibility index (Phi) is 5.81. The Bertz CT molecular complexity index is 1240. The minimum absolute atomic E-state index is 0.0101. The van der Waals surface area contributed by atoms with E-state index in [0.29, 0.717) is 16.9 Å². The number of allylic oxidation sites excluding steroid dienone is 2. The number of aliphatic carboxylic acids is 1. The van der Waals surface area contributed by atoms with Gasteiger partial charge in [-0.15, -0.1) is 0 Å². The van der Waals surface area contributed by atoms with Crippen LogP contribution < -0.4 is 10.0 Å². The molecular weight excluding hydrogens is 446 g/mol. The molecule has 10 heteroatoms. The van der Waals surface area contributed by atoms with Crippen LogP contribution in [0.1, 0.15) is 37.9 Å². The first-order valence-electron chi connectivity index (χ1n) is 10.8. The molecule has 2 aliphatic carbocycles. The molecular formula is C23H27N3O6S. The first-order valence-corrected chi connectivity index (χ1v) is 12.3. The summed E-state index contributed by atoms with van der Waals surface area (Å²) in [5.41, 5.74) is 3.77. The number of carboxylic acids is 1. The predicted octanol–water partition coefficient (Wildman–Crippen LogP) is 3.72. The van der Waals surface area contributed by atoms with Crippen LogP contribution in [0, 0.1) is 37.5 Å². The average Bonchev–Trinajstić information content (AvgIpc) is 3.41. The van der Waals surface area contributed by atoms with Gasteiger partial charge in [-0.05, 0) is 76.6 Å². The first kappa shape index (κ1) is 23.0. The van der Waals surface area contributed by atoms with Crippen molar-refractivity contribution in [2.75, 3.05) is 10.0 Å². The van der Waals surface area contributed by atoms with Gasteiger partial charge in [-0.1, -0.05) is 16.3 Å². The van der Waals surface area contributed by atoms with Crippen molar-refractivity contribution in [1.29, 1.82) is 0 Å². The van der Waals surface area contributed by atoms with Gasteiger partial charge < -0.3 is 14.9 Å². The van der Waals surface area contributed by atoms with Gasteiger partial charge in [-0.3, -0.25) is 9.59 Å². The second-order valence-corrected chi connectivity index (χ2v) is 10.7. The number of anilines is 2. The number of aromatic nitrogens is 1. The number of hydrogen-bond donors (Lipinski definition) is 3. The maximum atomic E-state index is 13.1. The fourth-order valence-electron chi connectivity index (χ4n) is 5.24. The molecule has 2 aromatic rings. The molecule has 1 aromatic heterocycles. The Morgan fingerprint density at radius 1 is 1.06 bits per heavy atom. The standard InChI is InChI=1S/C23H27N3O6S/c1-11(2)18-16-9-10-17(18)20(23(28)29)19(16)21(27)24-14-5-7-15(8-6-14)33(30,31)26-22-12(3)13(4)25-32-22/h5-8,16-17,19-20,26H,9-10H2,1-4H3,(H,24,27)(H,28,29)/t16-,17+,19-,20-/m0/s1. The molecule has 1 heterocycles. The first-order chi connectivity index (χ1) is 15.5. The van der Waals surface area contributed by atoms with E-state index >= 15 is 0 Å². The van der Waals surface area contributed by atoms with E-state index in [1.807, 2.05) is 13.8 Å². The lowest BCUT2D eigenvalue weighted by atomic mass is 9.78. The van der Waals surface area contributed by atoms with Crippen LogP contribution in [-0.2, 0) is 19.6 Å². The van der Waals surface area contributed by atoms with Crippen LogP contribution in [-0.4, -0.2) is 30.6 Å². The number of carbonyl (C=O) groups is 2. The third-order valence-electron chi connectivity index (χ3n) is 6.82. The molecule has 3 N–H and O–H groups in total. The third kappa shape index (κ3) is 4.03. The van der Waals surface area contributed by atoms with Crippen molar-refractivity contribution < 1.29 is 27.6 Å². The number of fused-ring (bicyclic) bond motifs is 2. The van der Waals surface area contributed by atoms with E-state index in [1.165, 1.54) is 24.3 Å². The maximum Gasteiger partial charge on any atom is 0.307 e. The zero-order chi connectivity index (χ0) is 24.1. The Hall–Kier alpha value is -3.14. The van der Waals surface area contributed by atoms with Crippen molar-refractivity contribution in [3.05, 3.63) is 46.7 Å². The summed E-state index contributed by atoms with van der Waals surface area (Å²) in [6.45, 7) is 7.34. The molecule has 2 bridgehead atoms. The van der Waals surface area contributed by atoms with Crippen molar-refractivity contribution in [1.82, 2.24) is 5.16 Å². The summed E-state index contributed by atoms with van der Waals surface area (Å²) in [4.78, 5) is 25.1. The lowest BCUT2D eigenvalue weighted by Crippen LogP contribution is -2.37. The SMILES string of the molecule is CC(C)=C1[C@H]2CC[C@@H]1[C@H](C(=O)Nc1ccc(S(=O)(=O)Nc3onc(C)c3C)cc1)[C@H]2C(=O)O. The van der Waals surface area contributed by atoms with Gasteiger partial charge in [-0.2, -0.15) is 0 Å². The number of nitrogens with one attached hydrogen (secondary N) is 2. The topological polar surface area (TPSA) is 139 Å². The molecule has 0 aliphatic heterocycles. The molecule has 1 amide bonds. The Balaban J connectivity index is 1.51. The third-order valence-corrected chi connectivity index (χ3v) is 8.17. The van der Waals surface area contributed by atoms with Gasteiger partial charge >= 0.3 is 5.97 Å². The van der Waals surface area contributed by atoms with E-state index in [0.717, 1.165) is 24.0 Å². The fraction of sp³-hybridized carbons (Fsp3) is 0.435. The van der Waals surface area contributed by atoms with Crippen LogP contribution in [0.2, 0.25) is 0 Å². The number of sulfonamides is 1. The summed E-state index contributed by atoms with van der Waals surface area (Å²) < 4.78 is 32.7. The number of amides is 1. The highest BCUT2D eigenvalue weighted by Crippen LogP contribution is 2.57. The second kappa shape index (κ2) is 8.33. The molecule has 2 aliphatic rings. The Morgan fingerprint density at radius 3 is 2.18 bits per heavy atom. The molecule has 1 aromatic carbocycles. The fourth-order valence-corrected chi connectivity index (χ4v) is 6.29. The number of nitrogens with zero attached hydrogens (tertiary/aromatic N) is 1. The van der Waals surface area contributed by atoms with Crippen LogP contribution in [0.4, 0.5) is 11.6 Å². The molecule has 0 saturated heterocycles. The number of hydrogen-bond acceptors (Lipinski definition) is 6. The van der Waals surface area contributed by atoms with Gasteiger partial charge in [0.2, 0.25) is 11.8 Å². The monoisotopic (exact) mass is 473 g/mol. The molecule has 4 atom stereocenters. The zero-order valence-electron chi connectivity index (χ0n) is 18.9. The molecule has 0 unspecified atom stereocenters. The Morgan fingerprint density at radius 2 is 1.67 bits per heavy atom. The van der Waals surface area contributed by atoms with Crippen LogP contribution in [0.15, 0.2) is 44.8 Å². The number of carbonyl (C=O) groups excluding carboxylic acids is 1. The lowest BCUT2D eigenvalue weighted by Gasteiger charge is -2.26. The van der Waals surface area contributed by atoms with E-state index in [4.69, 9.17) is 4.52 Å². The quantitative estimate of drug-likeness (QED) is 0.543. The number of rotatable bonds is 6. The number of carboxylic acid groups (broad SMARTS) is 1. The number of benzene rings is 1. The number of aryl methyl sites for hydroxylation is 1. The Labute approximate surface area is 192 Å². The molecule has 0 spiro atoms. The van der Waals surface area contributed by atoms with Gasteiger partial charge in [0.15, 0.2) is 0 Å². The minimum atomic E-state index is -3.91. The van der Waals surface area contributed by atoms with Gasteiger partial charge in [0.05, 0.1) is 22.4 Å². The molecule has 4 rings (SSSR count). The second-order valence-electron chi connectivity index (χ2n) is 8.98. The lowest BCUT2D eigenvalue weighted by molar-refractivity contribution is -0.148. The normalized spacial score (nSPS) is 24.1. The van der Waals surface area contributed by atoms with E-state index < -0.39 is 27.8 Å². The van der Waals surface area contributed by atoms with Crippen LogP contribution in [0.3, 0.4) is 0 Å². The molecule has 176 valence electrons. The van der Waals surface area contributed by atoms with E-state index in [2.05, 4.69) is 15.2 Å². The van der Waals surface area contributed by atoms with E-state index in [1.54, 1.807) is 13.8 Å². The zero-order valence-corrected chi connectivity index (χ0v) is 19.7. The van der Waals surface area contributed by atoms with Gasteiger partial charge in [0, 0.05) is 11.3 Å². The van der Waals surface area contributed by atoms with Gasteiger partial charge in [0.25, 0.3) is 10.0 Å². The smallest absolute Gasteiger partial charge is 0.307 e. The molecule has 2 fully saturated rings. The highest BCUT2D eigenvalue weighted by molar-refractivity contribution is 7.92. The van der Waals surface area contributed by atoms with E-state index in [9.17, 15) is 23.1 Å². The van der Waals surface area contributed by atoms with Crippen LogP contribution in [0.25, 0.3) is 0 Å². The molecule has 33 heavy (non-hydrogen) atoms.